The average Bonchev–Trinajstić information content (AvgIpc) is 2.66. The van der Waals surface area contributed by atoms with Crippen LogP contribution >= 0.6 is 15.9 Å². The summed E-state index contributed by atoms with van der Waals surface area (Å²) < 4.78 is 28.7. The highest BCUT2D eigenvalue weighted by atomic mass is 79.9. The first-order valence-corrected chi connectivity index (χ1v) is 11.4. The summed E-state index contributed by atoms with van der Waals surface area (Å²) in [4.78, 5) is 16.2. The highest BCUT2D eigenvalue weighted by molar-refractivity contribution is 9.10. The number of carbonyl (C=O) groups excluding carboxylic acids is 1. The minimum Gasteiger partial charge on any atom is -0.334 e. The van der Waals surface area contributed by atoms with Crippen LogP contribution in [0.25, 0.3) is 0 Å². The van der Waals surface area contributed by atoms with Crippen molar-refractivity contribution in [2.45, 2.75) is 11.8 Å². The third-order valence-corrected chi connectivity index (χ3v) is 7.24. The monoisotopic (exact) mass is 466 g/mol. The van der Waals surface area contributed by atoms with Crippen molar-refractivity contribution in [3.63, 3.8) is 0 Å². The second kappa shape index (κ2) is 8.63. The topological polar surface area (TPSA) is 62.1 Å². The van der Waals surface area contributed by atoms with Gasteiger partial charge in [-0.2, -0.15) is 0 Å². The average molecular weight is 467 g/mol. The van der Waals surface area contributed by atoms with Gasteiger partial charge in [0.05, 0.1) is 43.8 Å². The molecule has 2 aromatic carbocycles. The van der Waals surface area contributed by atoms with E-state index in [0.29, 0.717) is 18.8 Å². The molecule has 150 valence electrons. The Bertz CT molecular complexity index is 939. The molecule has 28 heavy (non-hydrogen) atoms. The van der Waals surface area contributed by atoms with Crippen LogP contribution in [0.3, 0.4) is 0 Å². The largest absolute Gasteiger partial charge is 0.334 e. The highest BCUT2D eigenvalue weighted by Gasteiger charge is 2.30. The number of rotatable bonds is 5. The Morgan fingerprint density at radius 2 is 1.79 bits per heavy atom. The summed E-state index contributed by atoms with van der Waals surface area (Å²) >= 11 is 3.39. The third kappa shape index (κ3) is 4.74. The van der Waals surface area contributed by atoms with E-state index >= 15 is 0 Å². The second-order valence-corrected chi connectivity index (χ2v) is 9.92. The van der Waals surface area contributed by atoms with Crippen LogP contribution in [0.15, 0.2) is 57.9 Å². The fraction of sp³-hybridized carbons (Fsp3) is 0.350. The number of sulfonamides is 1. The lowest BCUT2D eigenvalue weighted by Crippen LogP contribution is -3.12. The molecule has 0 radical (unpaired) electrons. The van der Waals surface area contributed by atoms with Crippen LogP contribution in [0.4, 0.5) is 5.69 Å². The molecule has 1 saturated heterocycles. The van der Waals surface area contributed by atoms with E-state index in [2.05, 4.69) is 23.0 Å². The number of halogens is 1. The first-order valence-electron chi connectivity index (χ1n) is 9.21. The smallest absolute Gasteiger partial charge is 0.264 e. The number of benzene rings is 2. The van der Waals surface area contributed by atoms with Crippen LogP contribution < -0.4 is 9.21 Å². The van der Waals surface area contributed by atoms with Crippen molar-refractivity contribution >= 4 is 37.5 Å². The summed E-state index contributed by atoms with van der Waals surface area (Å²) in [5.41, 5.74) is 1.44. The maximum Gasteiger partial charge on any atom is 0.264 e. The Morgan fingerprint density at radius 1 is 1.14 bits per heavy atom. The van der Waals surface area contributed by atoms with Gasteiger partial charge < -0.3 is 9.80 Å². The molecule has 0 aliphatic carbocycles. The maximum atomic E-state index is 13.4. The maximum absolute atomic E-state index is 13.4. The van der Waals surface area contributed by atoms with E-state index < -0.39 is 10.0 Å². The number of nitrogens with zero attached hydrogens (tertiary/aromatic N) is 2. The molecular weight excluding hydrogens is 442 g/mol. The summed E-state index contributed by atoms with van der Waals surface area (Å²) in [7, 11) is -1.78. The lowest BCUT2D eigenvalue weighted by Gasteiger charge is -2.32. The lowest BCUT2D eigenvalue weighted by atomic mass is 10.2. The molecule has 1 N–H and O–H groups in total. The molecule has 3 rings (SSSR count). The Hall–Kier alpha value is -1.90. The number of hydrogen-bond donors (Lipinski definition) is 1. The SMILES string of the molecule is Cc1ccc(S(=O)(=O)N(CC(=O)N2CC[NH+](C)CC2)c2cccc(Br)c2)cc1. The number of amides is 1. The molecule has 1 heterocycles. The van der Waals surface area contributed by atoms with Crippen molar-refractivity contribution in [3.05, 3.63) is 58.6 Å². The molecule has 0 aromatic heterocycles. The molecule has 1 fully saturated rings. The highest BCUT2D eigenvalue weighted by Crippen LogP contribution is 2.26. The van der Waals surface area contributed by atoms with E-state index in [1.54, 1.807) is 47.4 Å². The van der Waals surface area contributed by atoms with Crippen molar-refractivity contribution in [3.8, 4) is 0 Å². The molecule has 2 aromatic rings. The predicted octanol–water partition coefficient (Wildman–Crippen LogP) is 1.31. The normalized spacial score (nSPS) is 15.5. The van der Waals surface area contributed by atoms with Crippen molar-refractivity contribution in [1.82, 2.24) is 4.90 Å². The summed E-state index contributed by atoms with van der Waals surface area (Å²) in [5, 5.41) is 0. The number of hydrogen-bond acceptors (Lipinski definition) is 3. The van der Waals surface area contributed by atoms with Gasteiger partial charge in [-0.05, 0) is 37.3 Å². The Kier molecular flexibility index (Phi) is 6.42. The number of anilines is 1. The van der Waals surface area contributed by atoms with E-state index in [1.807, 2.05) is 13.0 Å². The second-order valence-electron chi connectivity index (χ2n) is 7.14. The Balaban J connectivity index is 1.93. The number of piperazine rings is 1. The Morgan fingerprint density at radius 3 is 2.39 bits per heavy atom. The quantitative estimate of drug-likeness (QED) is 0.722. The number of likely N-dealkylation sites (N-methyl/N-ethyl adjacent to an activating group) is 1. The Labute approximate surface area is 174 Å². The van der Waals surface area contributed by atoms with Gasteiger partial charge >= 0.3 is 0 Å². The van der Waals surface area contributed by atoms with Crippen molar-refractivity contribution in [2.75, 3.05) is 44.1 Å². The van der Waals surface area contributed by atoms with Crippen molar-refractivity contribution < 1.29 is 18.1 Å². The zero-order chi connectivity index (χ0) is 20.3. The zero-order valence-electron chi connectivity index (χ0n) is 16.1. The van der Waals surface area contributed by atoms with Crippen LogP contribution in [0.2, 0.25) is 0 Å². The standard InChI is InChI=1S/C20H24BrN3O3S/c1-16-6-8-19(9-7-16)28(26,27)24(18-5-3-4-17(21)14-18)15-20(25)23-12-10-22(2)11-13-23/h3-9,14H,10-13,15H2,1-2H3/p+1. The van der Waals surface area contributed by atoms with Crippen LogP contribution in [0.5, 0.6) is 0 Å². The van der Waals surface area contributed by atoms with Gasteiger partial charge in [0.25, 0.3) is 10.0 Å². The van der Waals surface area contributed by atoms with Crippen molar-refractivity contribution in [2.24, 2.45) is 0 Å². The minimum atomic E-state index is -3.87. The fourth-order valence-corrected chi connectivity index (χ4v) is 4.94. The van der Waals surface area contributed by atoms with E-state index in [4.69, 9.17) is 0 Å². The first kappa shape index (κ1) is 20.8. The van der Waals surface area contributed by atoms with Crippen LogP contribution in [0.1, 0.15) is 5.56 Å². The number of aryl methyl sites for hydroxylation is 1. The van der Waals surface area contributed by atoms with E-state index in [0.717, 1.165) is 23.1 Å². The van der Waals surface area contributed by atoms with E-state index in [-0.39, 0.29) is 17.3 Å². The van der Waals surface area contributed by atoms with Gasteiger partial charge in [0.2, 0.25) is 5.91 Å². The van der Waals surface area contributed by atoms with Gasteiger partial charge in [0.1, 0.15) is 6.54 Å². The summed E-state index contributed by atoms with van der Waals surface area (Å²) in [6.07, 6.45) is 0. The molecule has 0 saturated carbocycles. The molecule has 1 aliphatic heterocycles. The molecule has 0 bridgehead atoms. The molecule has 1 aliphatic rings. The van der Waals surface area contributed by atoms with Crippen LogP contribution in [-0.2, 0) is 14.8 Å². The summed E-state index contributed by atoms with van der Waals surface area (Å²) in [6, 6.07) is 13.7. The molecule has 6 nitrogen and oxygen atoms in total. The molecule has 0 spiro atoms. The number of quaternary nitrogens is 1. The summed E-state index contributed by atoms with van der Waals surface area (Å²) in [6.45, 7) is 4.71. The number of carbonyl (C=O) groups is 1. The van der Waals surface area contributed by atoms with Gasteiger partial charge in [-0.25, -0.2) is 8.42 Å². The molecule has 0 unspecified atom stereocenters. The van der Waals surface area contributed by atoms with E-state index in [1.165, 1.54) is 9.21 Å². The van der Waals surface area contributed by atoms with Gasteiger partial charge in [-0.1, -0.05) is 39.7 Å². The van der Waals surface area contributed by atoms with Gasteiger partial charge in [-0.15, -0.1) is 0 Å². The van der Waals surface area contributed by atoms with Crippen molar-refractivity contribution in [1.29, 1.82) is 0 Å². The van der Waals surface area contributed by atoms with E-state index in [9.17, 15) is 13.2 Å². The van der Waals surface area contributed by atoms with Gasteiger partial charge in [0.15, 0.2) is 0 Å². The molecule has 1 amide bonds. The lowest BCUT2D eigenvalue weighted by molar-refractivity contribution is -0.883. The molecular formula is C20H25BrN3O3S+. The predicted molar refractivity (Wildman–Crippen MR) is 113 cm³/mol. The number of nitrogens with one attached hydrogen (secondary N) is 1. The third-order valence-electron chi connectivity index (χ3n) is 4.95. The molecule has 0 atom stereocenters. The first-order chi connectivity index (χ1) is 13.3. The fourth-order valence-electron chi connectivity index (χ4n) is 3.14. The zero-order valence-corrected chi connectivity index (χ0v) is 18.5. The molecule has 8 heteroatoms. The summed E-state index contributed by atoms with van der Waals surface area (Å²) in [5.74, 6) is -0.178. The van der Waals surface area contributed by atoms with Crippen LogP contribution in [0, 0.1) is 6.92 Å². The van der Waals surface area contributed by atoms with Gasteiger partial charge in [-0.3, -0.25) is 9.10 Å². The minimum absolute atomic E-state index is 0.175. The van der Waals surface area contributed by atoms with Crippen LogP contribution in [-0.4, -0.2) is 59.0 Å². The van der Waals surface area contributed by atoms with Gasteiger partial charge in [0, 0.05) is 4.47 Å².